The van der Waals surface area contributed by atoms with Gasteiger partial charge in [0.2, 0.25) is 0 Å². The van der Waals surface area contributed by atoms with Gasteiger partial charge in [0.1, 0.15) is 5.82 Å². The van der Waals surface area contributed by atoms with Gasteiger partial charge in [0.15, 0.2) is 5.82 Å². The summed E-state index contributed by atoms with van der Waals surface area (Å²) in [6, 6.07) is 5.68. The lowest BCUT2D eigenvalue weighted by atomic mass is 9.79. The van der Waals surface area contributed by atoms with Crippen molar-refractivity contribution in [1.29, 1.82) is 5.41 Å². The first kappa shape index (κ1) is 22.8. The second-order valence-electron chi connectivity index (χ2n) is 8.92. The molecule has 1 aromatic heterocycles. The molecule has 5 N–H and O–H groups in total. The molecule has 2 aliphatic rings. The fraction of sp³-hybridized carbons (Fsp3) is 0.435. The van der Waals surface area contributed by atoms with Crippen LogP contribution in [-0.2, 0) is 0 Å². The minimum atomic E-state index is -0.330. The predicted molar refractivity (Wildman–Crippen MR) is 127 cm³/mol. The summed E-state index contributed by atoms with van der Waals surface area (Å²) in [6.45, 7) is 4.01. The highest BCUT2D eigenvalue weighted by Crippen LogP contribution is 2.39. The van der Waals surface area contributed by atoms with E-state index in [-0.39, 0.29) is 17.3 Å². The number of hydrogen-bond acceptors (Lipinski definition) is 6. The van der Waals surface area contributed by atoms with Crippen molar-refractivity contribution in [2.45, 2.75) is 19.3 Å². The van der Waals surface area contributed by atoms with Crippen molar-refractivity contribution in [3.05, 3.63) is 48.1 Å². The Labute approximate surface area is 192 Å². The zero-order valence-electron chi connectivity index (χ0n) is 18.9. The standard InChI is InChI=1S/C23H31FN8O/c1-27-12-17(11-25)13-30-9-2-7-23(15-30)8-10-31(16-23)22(33)28-21-20(26)14-32(29-21)19-5-3-18(24)4-6-19/h3-6,11-12,14,25,27H,2,7-10,13,15-16,26H2,1H3,(H,28,29,33)/b17-12+,25-11?. The molecule has 2 amide bonds. The van der Waals surface area contributed by atoms with Gasteiger partial charge in [-0.05, 0) is 55.6 Å². The summed E-state index contributed by atoms with van der Waals surface area (Å²) in [6.07, 6.45) is 7.97. The number of amides is 2. The summed E-state index contributed by atoms with van der Waals surface area (Å²) in [5.74, 6) is -0.0351. The van der Waals surface area contributed by atoms with Crippen LogP contribution in [-0.4, -0.2) is 71.6 Å². The normalized spacial score (nSPS) is 21.4. The summed E-state index contributed by atoms with van der Waals surface area (Å²) >= 11 is 0. The molecule has 2 aromatic rings. The molecule has 9 nitrogen and oxygen atoms in total. The lowest BCUT2D eigenvalue weighted by molar-refractivity contribution is 0.104. The molecule has 1 atom stereocenters. The van der Waals surface area contributed by atoms with Crippen LogP contribution >= 0.6 is 0 Å². The third-order valence-corrected chi connectivity index (χ3v) is 6.45. The van der Waals surface area contributed by atoms with Gasteiger partial charge in [-0.1, -0.05) is 0 Å². The number of nitrogens with one attached hydrogen (secondary N) is 3. The number of carbonyl (C=O) groups is 1. The lowest BCUT2D eigenvalue weighted by Crippen LogP contribution is -2.46. The van der Waals surface area contributed by atoms with Crippen molar-refractivity contribution in [2.24, 2.45) is 5.41 Å². The highest BCUT2D eigenvalue weighted by Gasteiger charge is 2.43. The number of nitrogens with zero attached hydrogens (tertiary/aromatic N) is 4. The molecule has 176 valence electrons. The number of rotatable bonds is 6. The van der Waals surface area contributed by atoms with Gasteiger partial charge < -0.3 is 21.4 Å². The molecule has 1 unspecified atom stereocenters. The first-order valence-corrected chi connectivity index (χ1v) is 11.2. The Bertz CT molecular complexity index is 1030. The van der Waals surface area contributed by atoms with Crippen molar-refractivity contribution in [1.82, 2.24) is 24.9 Å². The van der Waals surface area contributed by atoms with E-state index in [9.17, 15) is 9.18 Å². The van der Waals surface area contributed by atoms with Crippen molar-refractivity contribution >= 4 is 23.8 Å². The largest absolute Gasteiger partial charge is 0.394 e. The Kier molecular flexibility index (Phi) is 6.64. The Morgan fingerprint density at radius 3 is 2.79 bits per heavy atom. The van der Waals surface area contributed by atoms with Crippen molar-refractivity contribution < 1.29 is 9.18 Å². The minimum Gasteiger partial charge on any atom is -0.394 e. The first-order valence-electron chi connectivity index (χ1n) is 11.2. The Morgan fingerprint density at radius 1 is 1.27 bits per heavy atom. The Balaban J connectivity index is 1.38. The molecule has 0 radical (unpaired) electrons. The van der Waals surface area contributed by atoms with Gasteiger partial charge >= 0.3 is 6.03 Å². The molecule has 2 aliphatic heterocycles. The lowest BCUT2D eigenvalue weighted by Gasteiger charge is -2.40. The zero-order chi connectivity index (χ0) is 23.4. The molecule has 33 heavy (non-hydrogen) atoms. The summed E-state index contributed by atoms with van der Waals surface area (Å²) in [7, 11) is 1.84. The molecular formula is C23H31FN8O. The quantitative estimate of drug-likeness (QED) is 0.501. The van der Waals surface area contributed by atoms with E-state index in [1.54, 1.807) is 18.3 Å². The summed E-state index contributed by atoms with van der Waals surface area (Å²) in [5, 5.41) is 17.8. The minimum absolute atomic E-state index is 0.0708. The van der Waals surface area contributed by atoms with Crippen LogP contribution in [0.1, 0.15) is 19.3 Å². The van der Waals surface area contributed by atoms with Gasteiger partial charge in [0.05, 0.1) is 17.6 Å². The number of likely N-dealkylation sites (tertiary alicyclic amines) is 2. The summed E-state index contributed by atoms with van der Waals surface area (Å²) < 4.78 is 14.7. The van der Waals surface area contributed by atoms with E-state index in [1.165, 1.54) is 23.0 Å². The van der Waals surface area contributed by atoms with Gasteiger partial charge in [-0.2, -0.15) is 0 Å². The number of nitrogen functional groups attached to an aromatic ring is 1. The Morgan fingerprint density at radius 2 is 2.06 bits per heavy atom. The zero-order valence-corrected chi connectivity index (χ0v) is 18.9. The van der Waals surface area contributed by atoms with E-state index in [0.717, 1.165) is 44.5 Å². The number of benzene rings is 1. The van der Waals surface area contributed by atoms with Crippen LogP contribution < -0.4 is 16.4 Å². The number of piperidine rings is 1. The average Bonchev–Trinajstić information content (AvgIpc) is 3.37. The monoisotopic (exact) mass is 454 g/mol. The van der Waals surface area contributed by atoms with Gasteiger partial charge in [-0.15, -0.1) is 5.10 Å². The maximum Gasteiger partial charge on any atom is 0.323 e. The number of carbonyl (C=O) groups excluding carboxylic acids is 1. The van der Waals surface area contributed by atoms with Gasteiger partial charge in [-0.25, -0.2) is 13.9 Å². The van der Waals surface area contributed by atoms with E-state index in [0.29, 0.717) is 30.3 Å². The third kappa shape index (κ3) is 5.16. The van der Waals surface area contributed by atoms with Crippen LogP contribution in [0.25, 0.3) is 5.69 Å². The SMILES string of the molecule is CN/C=C(\C=N)CN1CCCC2(CCN(C(=O)Nc3nn(-c4ccc(F)cc4)cc3N)C2)C1. The second kappa shape index (κ2) is 9.62. The summed E-state index contributed by atoms with van der Waals surface area (Å²) in [4.78, 5) is 17.2. The maximum atomic E-state index is 13.2. The molecule has 0 saturated carbocycles. The van der Waals surface area contributed by atoms with Crippen molar-refractivity contribution in [3.63, 3.8) is 0 Å². The second-order valence-corrected chi connectivity index (χ2v) is 8.92. The van der Waals surface area contributed by atoms with E-state index >= 15 is 0 Å². The highest BCUT2D eigenvalue weighted by molar-refractivity contribution is 5.91. The van der Waals surface area contributed by atoms with Crippen molar-refractivity contribution in [3.8, 4) is 5.69 Å². The smallest absolute Gasteiger partial charge is 0.323 e. The van der Waals surface area contributed by atoms with Crippen LogP contribution in [0.15, 0.2) is 42.2 Å². The van der Waals surface area contributed by atoms with Gasteiger partial charge in [-0.3, -0.25) is 10.2 Å². The van der Waals surface area contributed by atoms with E-state index in [4.69, 9.17) is 11.1 Å². The number of anilines is 2. The topological polar surface area (TPSA) is 115 Å². The number of aromatic nitrogens is 2. The number of hydrogen-bond donors (Lipinski definition) is 4. The Hall–Kier alpha value is -3.40. The molecule has 10 heteroatoms. The van der Waals surface area contributed by atoms with Crippen LogP contribution in [0, 0.1) is 16.6 Å². The highest BCUT2D eigenvalue weighted by atomic mass is 19.1. The van der Waals surface area contributed by atoms with E-state index in [2.05, 4.69) is 20.6 Å². The molecule has 4 rings (SSSR count). The van der Waals surface area contributed by atoms with E-state index in [1.807, 2.05) is 18.1 Å². The van der Waals surface area contributed by atoms with Gasteiger partial charge in [0, 0.05) is 51.1 Å². The number of urea groups is 1. The van der Waals surface area contributed by atoms with E-state index < -0.39 is 0 Å². The third-order valence-electron chi connectivity index (χ3n) is 6.45. The number of halogens is 1. The molecular weight excluding hydrogens is 423 g/mol. The molecule has 1 aromatic carbocycles. The predicted octanol–water partition coefficient (Wildman–Crippen LogP) is 2.67. The molecule has 2 fully saturated rings. The molecule has 0 aliphatic carbocycles. The summed E-state index contributed by atoms with van der Waals surface area (Å²) in [5.41, 5.74) is 8.08. The van der Waals surface area contributed by atoms with Crippen LogP contribution in [0.3, 0.4) is 0 Å². The molecule has 0 bridgehead atoms. The molecule has 3 heterocycles. The molecule has 1 spiro atoms. The number of nitrogens with two attached hydrogens (primary N) is 1. The van der Waals surface area contributed by atoms with Crippen LogP contribution in [0.5, 0.6) is 0 Å². The van der Waals surface area contributed by atoms with Crippen LogP contribution in [0.4, 0.5) is 20.7 Å². The fourth-order valence-corrected chi connectivity index (χ4v) is 4.85. The maximum absolute atomic E-state index is 13.2. The van der Waals surface area contributed by atoms with Crippen LogP contribution in [0.2, 0.25) is 0 Å². The fourth-order valence-electron chi connectivity index (χ4n) is 4.85. The van der Waals surface area contributed by atoms with Crippen molar-refractivity contribution in [2.75, 3.05) is 50.8 Å². The van der Waals surface area contributed by atoms with Gasteiger partial charge in [0.25, 0.3) is 0 Å². The first-order chi connectivity index (χ1) is 15.9. The molecule has 2 saturated heterocycles. The average molecular weight is 455 g/mol.